The molecule has 1 N–H and O–H groups in total. The van der Waals surface area contributed by atoms with Crippen molar-refractivity contribution in [3.8, 4) is 0 Å². The molecule has 0 aromatic heterocycles. The van der Waals surface area contributed by atoms with Crippen molar-refractivity contribution >= 4 is 6.09 Å². The van der Waals surface area contributed by atoms with E-state index in [1.54, 1.807) is 4.90 Å². The van der Waals surface area contributed by atoms with Crippen molar-refractivity contribution in [2.24, 2.45) is 0 Å². The van der Waals surface area contributed by atoms with E-state index in [4.69, 9.17) is 9.47 Å². The van der Waals surface area contributed by atoms with Crippen molar-refractivity contribution in [1.29, 1.82) is 0 Å². The molecule has 2 fully saturated rings. The van der Waals surface area contributed by atoms with Gasteiger partial charge in [-0.25, -0.2) is 4.79 Å². The highest BCUT2D eigenvalue weighted by Gasteiger charge is 2.54. The fourth-order valence-corrected chi connectivity index (χ4v) is 2.47. The van der Waals surface area contributed by atoms with Crippen LogP contribution < -0.4 is 0 Å². The van der Waals surface area contributed by atoms with E-state index in [2.05, 4.69) is 0 Å². The Labute approximate surface area is 102 Å². The zero-order valence-corrected chi connectivity index (χ0v) is 10.7. The van der Waals surface area contributed by atoms with Crippen molar-refractivity contribution < 1.29 is 19.4 Å². The van der Waals surface area contributed by atoms with E-state index in [1.807, 2.05) is 20.8 Å². The van der Waals surface area contributed by atoms with E-state index < -0.39 is 17.2 Å². The number of rotatable bonds is 0. The Morgan fingerprint density at radius 2 is 2.18 bits per heavy atom. The predicted molar refractivity (Wildman–Crippen MR) is 61.7 cm³/mol. The highest BCUT2D eigenvalue weighted by molar-refractivity contribution is 5.70. The Bertz CT molecular complexity index is 312. The van der Waals surface area contributed by atoms with Crippen LogP contribution in [0.5, 0.6) is 0 Å². The number of amides is 1. The summed E-state index contributed by atoms with van der Waals surface area (Å²) in [6.45, 7) is 7.09. The second kappa shape index (κ2) is 4.14. The van der Waals surface area contributed by atoms with Gasteiger partial charge in [-0.15, -0.1) is 0 Å². The number of carbonyl (C=O) groups excluding carboxylic acids is 1. The lowest BCUT2D eigenvalue weighted by Gasteiger charge is -2.56. The van der Waals surface area contributed by atoms with E-state index in [1.165, 1.54) is 0 Å². The summed E-state index contributed by atoms with van der Waals surface area (Å²) < 4.78 is 10.6. The molecule has 0 aliphatic carbocycles. The molecule has 98 valence electrons. The fourth-order valence-electron chi connectivity index (χ4n) is 2.47. The van der Waals surface area contributed by atoms with Crippen LogP contribution in [0.2, 0.25) is 0 Å². The molecule has 0 aromatic rings. The quantitative estimate of drug-likeness (QED) is 0.693. The number of carbonyl (C=O) groups is 1. The van der Waals surface area contributed by atoms with Gasteiger partial charge in [0.05, 0.1) is 12.1 Å². The molecule has 0 saturated carbocycles. The Morgan fingerprint density at radius 1 is 1.47 bits per heavy atom. The number of aliphatic hydroxyl groups excluding tert-OH is 1. The van der Waals surface area contributed by atoms with Crippen LogP contribution in [-0.2, 0) is 9.47 Å². The van der Waals surface area contributed by atoms with Crippen LogP contribution in [0.3, 0.4) is 0 Å². The van der Waals surface area contributed by atoms with Crippen LogP contribution in [-0.4, -0.2) is 53.1 Å². The Hall–Kier alpha value is -0.810. The molecule has 2 aliphatic heterocycles. The summed E-state index contributed by atoms with van der Waals surface area (Å²) in [5, 5.41) is 10.0. The summed E-state index contributed by atoms with van der Waals surface area (Å²) in [5.41, 5.74) is -0.940. The molecule has 5 heteroatoms. The van der Waals surface area contributed by atoms with Crippen molar-refractivity contribution in [3.63, 3.8) is 0 Å². The van der Waals surface area contributed by atoms with Gasteiger partial charge >= 0.3 is 6.09 Å². The minimum Gasteiger partial charge on any atom is -0.444 e. The van der Waals surface area contributed by atoms with E-state index >= 15 is 0 Å². The van der Waals surface area contributed by atoms with Crippen molar-refractivity contribution in [1.82, 2.24) is 4.90 Å². The molecule has 2 aliphatic rings. The van der Waals surface area contributed by atoms with Gasteiger partial charge in [0.15, 0.2) is 0 Å². The van der Waals surface area contributed by atoms with Crippen LogP contribution in [0.1, 0.15) is 33.6 Å². The molecule has 2 saturated heterocycles. The molecule has 2 heterocycles. The second-order valence-corrected chi connectivity index (χ2v) is 5.83. The third kappa shape index (κ3) is 2.26. The molecule has 2 rings (SSSR count). The van der Waals surface area contributed by atoms with Gasteiger partial charge in [-0.2, -0.15) is 0 Å². The highest BCUT2D eigenvalue weighted by atomic mass is 16.6. The molecule has 1 amide bonds. The number of aliphatic hydroxyl groups is 1. The first-order valence-electron chi connectivity index (χ1n) is 6.12. The summed E-state index contributed by atoms with van der Waals surface area (Å²) in [5.74, 6) is 0. The maximum atomic E-state index is 12.0. The average molecular weight is 243 g/mol. The molecule has 17 heavy (non-hydrogen) atoms. The fraction of sp³-hybridized carbons (Fsp3) is 0.917. The molecule has 0 bridgehead atoms. The van der Waals surface area contributed by atoms with E-state index in [0.717, 1.165) is 6.42 Å². The molecular formula is C12H21NO4. The van der Waals surface area contributed by atoms with Gasteiger partial charge in [0.2, 0.25) is 0 Å². The lowest BCUT2D eigenvalue weighted by Crippen LogP contribution is -2.71. The molecule has 0 radical (unpaired) electrons. The molecule has 5 nitrogen and oxygen atoms in total. The highest BCUT2D eigenvalue weighted by Crippen LogP contribution is 2.40. The third-order valence-corrected chi connectivity index (χ3v) is 3.50. The molecule has 1 spiro atoms. The number of hydrogen-bond donors (Lipinski definition) is 1. The molecule has 2 atom stereocenters. The predicted octanol–water partition coefficient (Wildman–Crippen LogP) is 1.15. The van der Waals surface area contributed by atoms with Gasteiger partial charge in [0, 0.05) is 13.2 Å². The SMILES string of the molecule is CC(C)(C)OC(=O)N1CCC12CCOCC2O. The number of ether oxygens (including phenoxy) is 2. The van der Waals surface area contributed by atoms with Gasteiger partial charge in [-0.05, 0) is 33.6 Å². The van der Waals surface area contributed by atoms with Crippen molar-refractivity contribution in [2.75, 3.05) is 19.8 Å². The normalized spacial score (nSPS) is 33.4. The molecular weight excluding hydrogens is 222 g/mol. The van der Waals surface area contributed by atoms with E-state index in [0.29, 0.717) is 26.2 Å². The number of hydrogen-bond acceptors (Lipinski definition) is 4. The van der Waals surface area contributed by atoms with Crippen molar-refractivity contribution in [3.05, 3.63) is 0 Å². The second-order valence-electron chi connectivity index (χ2n) is 5.83. The first-order valence-corrected chi connectivity index (χ1v) is 6.12. The van der Waals surface area contributed by atoms with Gasteiger partial charge in [0.25, 0.3) is 0 Å². The van der Waals surface area contributed by atoms with Gasteiger partial charge in [-0.3, -0.25) is 4.90 Å². The zero-order chi connectivity index (χ0) is 12.7. The van der Waals surface area contributed by atoms with Gasteiger partial charge < -0.3 is 14.6 Å². The lowest BCUT2D eigenvalue weighted by atomic mass is 9.76. The minimum atomic E-state index is -0.600. The molecule has 0 aromatic carbocycles. The monoisotopic (exact) mass is 243 g/mol. The summed E-state index contributed by atoms with van der Waals surface area (Å²) in [7, 11) is 0. The van der Waals surface area contributed by atoms with Crippen LogP contribution in [0.4, 0.5) is 4.79 Å². The average Bonchev–Trinajstić information content (AvgIpc) is 2.13. The van der Waals surface area contributed by atoms with Crippen LogP contribution in [0, 0.1) is 0 Å². The lowest BCUT2D eigenvalue weighted by molar-refractivity contribution is -0.159. The van der Waals surface area contributed by atoms with Gasteiger partial charge in [-0.1, -0.05) is 0 Å². The topological polar surface area (TPSA) is 59.0 Å². The van der Waals surface area contributed by atoms with E-state index in [-0.39, 0.29) is 6.09 Å². The van der Waals surface area contributed by atoms with Crippen LogP contribution in [0.15, 0.2) is 0 Å². The maximum absolute atomic E-state index is 12.0. The summed E-state index contributed by atoms with van der Waals surface area (Å²) in [4.78, 5) is 13.7. The van der Waals surface area contributed by atoms with Crippen molar-refractivity contribution in [2.45, 2.75) is 50.9 Å². The Morgan fingerprint density at radius 3 is 2.65 bits per heavy atom. The summed E-state index contributed by atoms with van der Waals surface area (Å²) in [6.07, 6.45) is 0.590. The number of likely N-dealkylation sites (tertiary alicyclic amines) is 1. The van der Waals surface area contributed by atoms with Crippen LogP contribution >= 0.6 is 0 Å². The third-order valence-electron chi connectivity index (χ3n) is 3.50. The first-order chi connectivity index (χ1) is 7.85. The minimum absolute atomic E-state index is 0.305. The Kier molecular flexibility index (Phi) is 3.08. The summed E-state index contributed by atoms with van der Waals surface area (Å²) >= 11 is 0. The summed E-state index contributed by atoms with van der Waals surface area (Å²) in [6, 6.07) is 0. The van der Waals surface area contributed by atoms with Gasteiger partial charge in [0.1, 0.15) is 11.7 Å². The number of nitrogens with zero attached hydrogens (tertiary/aromatic N) is 1. The zero-order valence-electron chi connectivity index (χ0n) is 10.7. The molecule has 2 unspecified atom stereocenters. The van der Waals surface area contributed by atoms with E-state index in [9.17, 15) is 9.90 Å². The maximum Gasteiger partial charge on any atom is 0.410 e. The smallest absolute Gasteiger partial charge is 0.410 e. The largest absolute Gasteiger partial charge is 0.444 e. The van der Waals surface area contributed by atoms with Crippen LogP contribution in [0.25, 0.3) is 0 Å². The standard InChI is InChI=1S/C12H21NO4/c1-11(2,3)17-10(15)13-6-4-12(13)5-7-16-8-9(12)14/h9,14H,4-8H2,1-3H3. The first kappa shape index (κ1) is 12.6. The Balaban J connectivity index is 2.04.